The fourth-order valence-corrected chi connectivity index (χ4v) is 5.05. The van der Waals surface area contributed by atoms with Crippen LogP contribution in [0.15, 0.2) is 29.0 Å². The summed E-state index contributed by atoms with van der Waals surface area (Å²) in [5.74, 6) is 0.852. The van der Waals surface area contributed by atoms with Gasteiger partial charge in [-0.15, -0.1) is 11.3 Å². The summed E-state index contributed by atoms with van der Waals surface area (Å²) in [5, 5.41) is 8.17. The smallest absolute Gasteiger partial charge is 0.263 e. The van der Waals surface area contributed by atoms with Crippen LogP contribution in [0.5, 0.6) is 5.75 Å². The van der Waals surface area contributed by atoms with Gasteiger partial charge in [-0.05, 0) is 37.8 Å². The van der Waals surface area contributed by atoms with Gasteiger partial charge in [-0.25, -0.2) is 4.98 Å². The Morgan fingerprint density at radius 1 is 1.31 bits per heavy atom. The van der Waals surface area contributed by atoms with Crippen molar-refractivity contribution in [1.29, 1.82) is 0 Å². The summed E-state index contributed by atoms with van der Waals surface area (Å²) >= 11 is 3.09. The highest BCUT2D eigenvalue weighted by atomic mass is 32.1. The van der Waals surface area contributed by atoms with Gasteiger partial charge >= 0.3 is 0 Å². The maximum absolute atomic E-state index is 12.9. The van der Waals surface area contributed by atoms with Gasteiger partial charge < -0.3 is 10.1 Å². The van der Waals surface area contributed by atoms with Crippen molar-refractivity contribution in [3.63, 3.8) is 0 Å². The van der Waals surface area contributed by atoms with Crippen LogP contribution in [0.25, 0.3) is 10.6 Å². The minimum absolute atomic E-state index is 0.0315. The molecule has 1 amide bonds. The molecule has 1 unspecified atom stereocenters. The molecule has 134 valence electrons. The van der Waals surface area contributed by atoms with Crippen molar-refractivity contribution in [1.82, 2.24) is 10.3 Å². The minimum atomic E-state index is -0.0570. The largest absolute Gasteiger partial charge is 0.493 e. The van der Waals surface area contributed by atoms with Gasteiger partial charge in [0.2, 0.25) is 0 Å². The Labute approximate surface area is 160 Å². The molecule has 6 heteroatoms. The van der Waals surface area contributed by atoms with Gasteiger partial charge in [-0.1, -0.05) is 17.7 Å². The molecule has 0 radical (unpaired) electrons. The number of nitrogens with zero attached hydrogens (tertiary/aromatic N) is 1. The fourth-order valence-electron chi connectivity index (χ4n) is 3.37. The molecule has 0 saturated heterocycles. The van der Waals surface area contributed by atoms with E-state index in [0.29, 0.717) is 11.5 Å². The number of ether oxygens (including phenoxy) is 1. The summed E-state index contributed by atoms with van der Waals surface area (Å²) in [4.78, 5) is 18.2. The Balaban J connectivity index is 1.61. The topological polar surface area (TPSA) is 51.2 Å². The third-order valence-corrected chi connectivity index (χ3v) is 6.44. The summed E-state index contributed by atoms with van der Waals surface area (Å²) in [6.45, 7) is 6.63. The number of rotatable bonds is 3. The summed E-state index contributed by atoms with van der Waals surface area (Å²) in [6, 6.07) is 6.23. The first-order valence-electron chi connectivity index (χ1n) is 8.57. The molecule has 0 fully saturated rings. The second-order valence-electron chi connectivity index (χ2n) is 6.61. The van der Waals surface area contributed by atoms with Crippen LogP contribution in [0.3, 0.4) is 0 Å². The quantitative estimate of drug-likeness (QED) is 0.687. The number of nitrogens with one attached hydrogen (secondary N) is 1. The van der Waals surface area contributed by atoms with E-state index in [0.717, 1.165) is 39.6 Å². The highest BCUT2D eigenvalue weighted by Crippen LogP contribution is 2.36. The number of carbonyl (C=O) groups excluding carboxylic acids is 1. The average molecular weight is 385 g/mol. The number of aromatic nitrogens is 1. The number of carbonyl (C=O) groups is 1. The Kier molecular flexibility index (Phi) is 4.54. The predicted octanol–water partition coefficient (Wildman–Crippen LogP) is 5.05. The zero-order chi connectivity index (χ0) is 18.3. The lowest BCUT2D eigenvalue weighted by molar-refractivity contribution is 0.0928. The van der Waals surface area contributed by atoms with Crippen molar-refractivity contribution in [2.45, 2.75) is 33.2 Å². The first-order chi connectivity index (χ1) is 12.5. The predicted molar refractivity (Wildman–Crippen MR) is 106 cm³/mol. The second kappa shape index (κ2) is 6.85. The van der Waals surface area contributed by atoms with Gasteiger partial charge in [0.15, 0.2) is 0 Å². The molecule has 4 nitrogen and oxygen atoms in total. The molecule has 1 aromatic carbocycles. The number of hydrogen-bond donors (Lipinski definition) is 1. The normalized spacial score (nSPS) is 16.0. The number of thiophene rings is 1. The van der Waals surface area contributed by atoms with Crippen LogP contribution >= 0.6 is 22.7 Å². The van der Waals surface area contributed by atoms with Crippen LogP contribution in [-0.2, 0) is 0 Å². The molecular formula is C20H20N2O2S2. The molecule has 0 bridgehead atoms. The summed E-state index contributed by atoms with van der Waals surface area (Å²) in [7, 11) is 0. The Morgan fingerprint density at radius 3 is 2.92 bits per heavy atom. The highest BCUT2D eigenvalue weighted by molar-refractivity contribution is 7.17. The molecule has 4 rings (SSSR count). The molecule has 3 heterocycles. The van der Waals surface area contributed by atoms with Crippen molar-refractivity contribution < 1.29 is 9.53 Å². The van der Waals surface area contributed by atoms with Gasteiger partial charge in [0, 0.05) is 22.9 Å². The number of fused-ring (bicyclic) bond motifs is 1. The number of benzene rings is 1. The lowest BCUT2D eigenvalue weighted by Crippen LogP contribution is -2.32. The van der Waals surface area contributed by atoms with Gasteiger partial charge in [-0.2, -0.15) is 11.3 Å². The molecule has 0 spiro atoms. The van der Waals surface area contributed by atoms with E-state index >= 15 is 0 Å². The SMILES string of the molecule is Cc1cc(C)c2c(c1)C(NC(=O)c1sc(-c3ccsc3)nc1C)CCO2. The third-order valence-electron chi connectivity index (χ3n) is 4.55. The van der Waals surface area contributed by atoms with E-state index in [1.165, 1.54) is 16.9 Å². The zero-order valence-corrected chi connectivity index (χ0v) is 16.6. The fraction of sp³-hybridized carbons (Fsp3) is 0.300. The first kappa shape index (κ1) is 17.2. The molecule has 26 heavy (non-hydrogen) atoms. The monoisotopic (exact) mass is 384 g/mol. The number of aryl methyl sites for hydroxylation is 3. The Morgan fingerprint density at radius 2 is 2.15 bits per heavy atom. The number of thiazole rings is 1. The van der Waals surface area contributed by atoms with Gasteiger partial charge in [0.05, 0.1) is 18.3 Å². The van der Waals surface area contributed by atoms with Crippen LogP contribution < -0.4 is 10.1 Å². The molecule has 1 aliphatic heterocycles. The van der Waals surface area contributed by atoms with Crippen LogP contribution in [0, 0.1) is 20.8 Å². The Hall–Kier alpha value is -2.18. The summed E-state index contributed by atoms with van der Waals surface area (Å²) < 4.78 is 5.84. The average Bonchev–Trinajstić information content (AvgIpc) is 3.25. The standard InChI is InChI=1S/C20H20N2O2S2/c1-11-8-12(2)17-15(9-11)16(4-6-24-17)22-19(23)18-13(3)21-20(26-18)14-5-7-25-10-14/h5,7-10,16H,4,6H2,1-3H3,(H,22,23). The van der Waals surface area contributed by atoms with Crippen molar-refractivity contribution in [2.24, 2.45) is 0 Å². The third kappa shape index (κ3) is 3.15. The molecule has 1 N–H and O–H groups in total. The highest BCUT2D eigenvalue weighted by Gasteiger charge is 2.26. The van der Waals surface area contributed by atoms with Crippen LogP contribution in [0.4, 0.5) is 0 Å². The molecule has 1 atom stereocenters. The lowest BCUT2D eigenvalue weighted by atomic mass is 9.95. The number of hydrogen-bond acceptors (Lipinski definition) is 5. The number of amides is 1. The second-order valence-corrected chi connectivity index (χ2v) is 8.39. The molecular weight excluding hydrogens is 364 g/mol. The van der Waals surface area contributed by atoms with Crippen molar-refractivity contribution >= 4 is 28.6 Å². The maximum Gasteiger partial charge on any atom is 0.263 e. The molecule has 0 aliphatic carbocycles. The van der Waals surface area contributed by atoms with E-state index in [2.05, 4.69) is 41.7 Å². The molecule has 3 aromatic rings. The summed E-state index contributed by atoms with van der Waals surface area (Å²) in [6.07, 6.45) is 0.775. The first-order valence-corrected chi connectivity index (χ1v) is 10.3. The van der Waals surface area contributed by atoms with Crippen molar-refractivity contribution in [3.05, 3.63) is 56.2 Å². The molecule has 0 saturated carbocycles. The van der Waals surface area contributed by atoms with E-state index in [4.69, 9.17) is 4.74 Å². The van der Waals surface area contributed by atoms with Gasteiger partial charge in [-0.3, -0.25) is 4.79 Å². The van der Waals surface area contributed by atoms with Crippen LogP contribution in [0.1, 0.15) is 44.5 Å². The van der Waals surface area contributed by atoms with Crippen LogP contribution in [-0.4, -0.2) is 17.5 Å². The maximum atomic E-state index is 12.9. The van der Waals surface area contributed by atoms with Crippen molar-refractivity contribution in [3.8, 4) is 16.3 Å². The van der Waals surface area contributed by atoms with Crippen LogP contribution in [0.2, 0.25) is 0 Å². The van der Waals surface area contributed by atoms with E-state index in [1.54, 1.807) is 11.3 Å². The van der Waals surface area contributed by atoms with E-state index in [9.17, 15) is 4.79 Å². The van der Waals surface area contributed by atoms with E-state index in [-0.39, 0.29) is 11.9 Å². The molecule has 2 aromatic heterocycles. The summed E-state index contributed by atoms with van der Waals surface area (Å²) in [5.41, 5.74) is 5.22. The lowest BCUT2D eigenvalue weighted by Gasteiger charge is -2.28. The van der Waals surface area contributed by atoms with E-state index < -0.39 is 0 Å². The zero-order valence-electron chi connectivity index (χ0n) is 15.0. The van der Waals surface area contributed by atoms with E-state index in [1.807, 2.05) is 18.4 Å². The van der Waals surface area contributed by atoms with Gasteiger partial charge in [0.25, 0.3) is 5.91 Å². The minimum Gasteiger partial charge on any atom is -0.493 e. The van der Waals surface area contributed by atoms with Crippen molar-refractivity contribution in [2.75, 3.05) is 6.61 Å². The molecule has 1 aliphatic rings. The Bertz CT molecular complexity index is 961. The van der Waals surface area contributed by atoms with Gasteiger partial charge in [0.1, 0.15) is 15.6 Å².